The van der Waals surface area contributed by atoms with Crippen molar-refractivity contribution in [1.29, 1.82) is 0 Å². The third kappa shape index (κ3) is 3.88. The molecule has 3 nitrogen and oxygen atoms in total. The molecule has 2 saturated heterocycles. The number of piperidine rings is 2. The lowest BCUT2D eigenvalue weighted by atomic mass is 9.95. The molecule has 0 saturated carbocycles. The highest BCUT2D eigenvalue weighted by Crippen LogP contribution is 2.23. The van der Waals surface area contributed by atoms with E-state index in [1.54, 1.807) is 0 Å². The maximum absolute atomic E-state index is 12.2. The highest BCUT2D eigenvalue weighted by molar-refractivity contribution is 7.99. The van der Waals surface area contributed by atoms with Crippen LogP contribution in [0.5, 0.6) is 0 Å². The molecular formula is C13H24N2OS. The Morgan fingerprint density at radius 1 is 1.35 bits per heavy atom. The van der Waals surface area contributed by atoms with E-state index in [1.165, 1.54) is 25.7 Å². The maximum atomic E-state index is 12.2. The van der Waals surface area contributed by atoms with E-state index >= 15 is 0 Å². The van der Waals surface area contributed by atoms with E-state index < -0.39 is 0 Å². The molecule has 1 atom stereocenters. The zero-order chi connectivity index (χ0) is 12.1. The molecule has 0 aromatic heterocycles. The molecule has 0 aromatic rings. The van der Waals surface area contributed by atoms with Gasteiger partial charge in [-0.15, -0.1) is 0 Å². The molecule has 2 fully saturated rings. The third-order valence-corrected chi connectivity index (χ3v) is 5.13. The average Bonchev–Trinajstić information content (AvgIpc) is 2.40. The van der Waals surface area contributed by atoms with Crippen molar-refractivity contribution in [1.82, 2.24) is 10.2 Å². The second-order valence-corrected chi connectivity index (χ2v) is 6.37. The van der Waals surface area contributed by atoms with E-state index in [-0.39, 0.29) is 0 Å². The fourth-order valence-corrected chi connectivity index (χ4v) is 3.50. The first-order valence-corrected chi connectivity index (χ1v) is 8.09. The van der Waals surface area contributed by atoms with Crippen LogP contribution in [0.3, 0.4) is 0 Å². The zero-order valence-electron chi connectivity index (χ0n) is 10.8. The molecule has 1 unspecified atom stereocenters. The van der Waals surface area contributed by atoms with Crippen molar-refractivity contribution in [2.45, 2.75) is 37.4 Å². The minimum Gasteiger partial charge on any atom is -0.343 e. The van der Waals surface area contributed by atoms with Gasteiger partial charge in [-0.2, -0.15) is 11.8 Å². The second kappa shape index (κ2) is 6.64. The number of hydrogen-bond donors (Lipinski definition) is 1. The van der Waals surface area contributed by atoms with Crippen molar-refractivity contribution in [3.8, 4) is 0 Å². The normalized spacial score (nSPS) is 27.1. The summed E-state index contributed by atoms with van der Waals surface area (Å²) in [4.78, 5) is 14.2. The molecule has 2 heterocycles. The molecule has 2 rings (SSSR count). The lowest BCUT2D eigenvalue weighted by Crippen LogP contribution is -2.41. The van der Waals surface area contributed by atoms with Gasteiger partial charge in [0.1, 0.15) is 0 Å². The van der Waals surface area contributed by atoms with E-state index in [9.17, 15) is 4.79 Å². The van der Waals surface area contributed by atoms with Gasteiger partial charge >= 0.3 is 0 Å². The van der Waals surface area contributed by atoms with E-state index in [0.717, 1.165) is 37.8 Å². The Hall–Kier alpha value is -0.220. The monoisotopic (exact) mass is 256 g/mol. The summed E-state index contributed by atoms with van der Waals surface area (Å²) in [7, 11) is 0. The number of thioether (sulfide) groups is 1. The first-order valence-electron chi connectivity index (χ1n) is 6.81. The number of amides is 1. The van der Waals surface area contributed by atoms with E-state index in [1.807, 2.05) is 11.8 Å². The van der Waals surface area contributed by atoms with Crippen LogP contribution in [-0.2, 0) is 4.79 Å². The highest BCUT2D eigenvalue weighted by Gasteiger charge is 2.24. The summed E-state index contributed by atoms with van der Waals surface area (Å²) in [5, 5.41) is 4.16. The van der Waals surface area contributed by atoms with Gasteiger partial charge in [-0.1, -0.05) is 0 Å². The van der Waals surface area contributed by atoms with Crippen LogP contribution in [0.15, 0.2) is 0 Å². The lowest BCUT2D eigenvalue weighted by molar-refractivity contribution is -0.133. The van der Waals surface area contributed by atoms with Gasteiger partial charge in [-0.05, 0) is 50.9 Å². The Labute approximate surface area is 109 Å². The molecule has 0 radical (unpaired) electrons. The molecule has 98 valence electrons. The van der Waals surface area contributed by atoms with Crippen LogP contribution in [0.1, 0.15) is 32.1 Å². The van der Waals surface area contributed by atoms with Gasteiger partial charge < -0.3 is 10.2 Å². The number of rotatable bonds is 3. The maximum Gasteiger partial charge on any atom is 0.222 e. The lowest BCUT2D eigenvalue weighted by Gasteiger charge is -2.32. The standard InChI is InChI=1S/C13H24N2OS/c1-17-12-4-7-15(8-5-12)13(16)9-11-3-2-6-14-10-11/h11-12,14H,2-10H2,1H3. The van der Waals surface area contributed by atoms with Gasteiger partial charge in [0.15, 0.2) is 0 Å². The van der Waals surface area contributed by atoms with Crippen LogP contribution in [0, 0.1) is 5.92 Å². The van der Waals surface area contributed by atoms with Crippen molar-refractivity contribution < 1.29 is 4.79 Å². The summed E-state index contributed by atoms with van der Waals surface area (Å²) >= 11 is 1.95. The van der Waals surface area contributed by atoms with E-state index in [0.29, 0.717) is 11.8 Å². The van der Waals surface area contributed by atoms with Gasteiger partial charge in [0.05, 0.1) is 0 Å². The third-order valence-electron chi connectivity index (χ3n) is 3.99. The largest absolute Gasteiger partial charge is 0.343 e. The van der Waals surface area contributed by atoms with Crippen LogP contribution < -0.4 is 5.32 Å². The molecular weight excluding hydrogens is 232 g/mol. The summed E-state index contributed by atoms with van der Waals surface area (Å²) < 4.78 is 0. The van der Waals surface area contributed by atoms with Crippen LogP contribution in [0.4, 0.5) is 0 Å². The summed E-state index contributed by atoms with van der Waals surface area (Å²) in [6.45, 7) is 4.12. The summed E-state index contributed by atoms with van der Waals surface area (Å²) in [5.41, 5.74) is 0. The Balaban J connectivity index is 1.72. The van der Waals surface area contributed by atoms with Gasteiger partial charge in [0.2, 0.25) is 5.91 Å². The predicted octanol–water partition coefficient (Wildman–Crippen LogP) is 1.73. The van der Waals surface area contributed by atoms with Crippen LogP contribution in [-0.4, -0.2) is 48.5 Å². The number of likely N-dealkylation sites (tertiary alicyclic amines) is 1. The minimum atomic E-state index is 0.387. The summed E-state index contributed by atoms with van der Waals surface area (Å²) in [6.07, 6.45) is 7.74. The number of nitrogens with zero attached hydrogens (tertiary/aromatic N) is 1. The number of hydrogen-bond acceptors (Lipinski definition) is 3. The van der Waals surface area contributed by atoms with Crippen molar-refractivity contribution >= 4 is 17.7 Å². The smallest absolute Gasteiger partial charge is 0.222 e. The quantitative estimate of drug-likeness (QED) is 0.834. The topological polar surface area (TPSA) is 32.3 Å². The Kier molecular flexibility index (Phi) is 5.16. The number of nitrogens with one attached hydrogen (secondary N) is 1. The van der Waals surface area contributed by atoms with Gasteiger partial charge in [0.25, 0.3) is 0 Å². The predicted molar refractivity (Wildman–Crippen MR) is 73.3 cm³/mol. The number of carbonyl (C=O) groups excluding carboxylic acids is 1. The molecule has 0 spiro atoms. The molecule has 17 heavy (non-hydrogen) atoms. The fourth-order valence-electron chi connectivity index (χ4n) is 2.82. The SMILES string of the molecule is CSC1CCN(C(=O)CC2CCCNC2)CC1. The summed E-state index contributed by atoms with van der Waals surface area (Å²) in [6, 6.07) is 0. The van der Waals surface area contributed by atoms with Crippen molar-refractivity contribution in [3.63, 3.8) is 0 Å². The molecule has 0 bridgehead atoms. The van der Waals surface area contributed by atoms with Crippen LogP contribution in [0.25, 0.3) is 0 Å². The molecule has 2 aliphatic rings. The Morgan fingerprint density at radius 2 is 2.12 bits per heavy atom. The van der Waals surface area contributed by atoms with E-state index in [4.69, 9.17) is 0 Å². The Bertz CT molecular complexity index is 246. The second-order valence-electron chi connectivity index (χ2n) is 5.23. The van der Waals surface area contributed by atoms with Gasteiger partial charge in [-0.25, -0.2) is 0 Å². The summed E-state index contributed by atoms with van der Waals surface area (Å²) in [5.74, 6) is 0.966. The minimum absolute atomic E-state index is 0.387. The molecule has 0 aliphatic carbocycles. The molecule has 1 N–H and O–H groups in total. The van der Waals surface area contributed by atoms with Crippen molar-refractivity contribution in [3.05, 3.63) is 0 Å². The average molecular weight is 256 g/mol. The van der Waals surface area contributed by atoms with Crippen LogP contribution >= 0.6 is 11.8 Å². The molecule has 1 amide bonds. The van der Waals surface area contributed by atoms with Gasteiger partial charge in [-0.3, -0.25) is 4.79 Å². The molecule has 0 aromatic carbocycles. The van der Waals surface area contributed by atoms with E-state index in [2.05, 4.69) is 16.5 Å². The Morgan fingerprint density at radius 3 is 2.71 bits per heavy atom. The molecule has 4 heteroatoms. The molecule has 2 aliphatic heterocycles. The van der Waals surface area contributed by atoms with Crippen LogP contribution in [0.2, 0.25) is 0 Å². The highest BCUT2D eigenvalue weighted by atomic mass is 32.2. The zero-order valence-corrected chi connectivity index (χ0v) is 11.6. The first-order chi connectivity index (χ1) is 8.29. The fraction of sp³-hybridized carbons (Fsp3) is 0.923. The van der Waals surface area contributed by atoms with Gasteiger partial charge in [0, 0.05) is 24.8 Å². The first kappa shape index (κ1) is 13.2. The van der Waals surface area contributed by atoms with Crippen molar-refractivity contribution in [2.75, 3.05) is 32.4 Å². The van der Waals surface area contributed by atoms with Crippen molar-refractivity contribution in [2.24, 2.45) is 5.92 Å². The number of carbonyl (C=O) groups is 1.